The molecule has 3 rings (SSSR count). The number of nitrogens with one attached hydrogen (secondary N) is 1. The summed E-state index contributed by atoms with van der Waals surface area (Å²) in [6.45, 7) is 3.60. The first-order chi connectivity index (χ1) is 11.7. The number of ether oxygens (including phenoxy) is 3. The Morgan fingerprint density at radius 3 is 2.44 bits per heavy atom. The molecule has 0 fully saturated rings. The molecule has 0 aromatic heterocycles. The lowest BCUT2D eigenvalue weighted by atomic mass is 9.90. The third-order valence-electron chi connectivity index (χ3n) is 4.48. The molecular weight excluding hydrogens is 338 g/mol. The summed E-state index contributed by atoms with van der Waals surface area (Å²) < 4.78 is 16.5. The third kappa shape index (κ3) is 4.39. The van der Waals surface area contributed by atoms with E-state index < -0.39 is 0 Å². The molecule has 1 N–H and O–H groups in total. The second kappa shape index (κ2) is 8.97. The van der Waals surface area contributed by atoms with E-state index in [4.69, 9.17) is 14.2 Å². The summed E-state index contributed by atoms with van der Waals surface area (Å²) in [4.78, 5) is 0. The van der Waals surface area contributed by atoms with Gasteiger partial charge in [0, 0.05) is 6.04 Å². The van der Waals surface area contributed by atoms with Crippen molar-refractivity contribution in [2.45, 2.75) is 25.8 Å². The van der Waals surface area contributed by atoms with Crippen molar-refractivity contribution in [1.29, 1.82) is 0 Å². The van der Waals surface area contributed by atoms with Crippen molar-refractivity contribution in [1.82, 2.24) is 5.32 Å². The first-order valence-electron chi connectivity index (χ1n) is 8.45. The number of methoxy groups -OCH3 is 2. The van der Waals surface area contributed by atoms with Crippen molar-refractivity contribution < 1.29 is 14.2 Å². The van der Waals surface area contributed by atoms with Crippen LogP contribution in [-0.4, -0.2) is 27.4 Å². The van der Waals surface area contributed by atoms with Crippen LogP contribution in [0.2, 0.25) is 0 Å². The Kier molecular flexibility index (Phi) is 6.97. The first-order valence-corrected chi connectivity index (χ1v) is 8.45. The van der Waals surface area contributed by atoms with Crippen LogP contribution in [0, 0.1) is 0 Å². The average molecular weight is 364 g/mol. The quantitative estimate of drug-likeness (QED) is 0.843. The van der Waals surface area contributed by atoms with Crippen LogP contribution in [0.1, 0.15) is 29.7 Å². The molecule has 25 heavy (non-hydrogen) atoms. The topological polar surface area (TPSA) is 39.7 Å². The number of halogens is 1. The molecule has 0 amide bonds. The number of hydrogen-bond acceptors (Lipinski definition) is 4. The van der Waals surface area contributed by atoms with Gasteiger partial charge in [-0.15, -0.1) is 12.4 Å². The summed E-state index contributed by atoms with van der Waals surface area (Å²) in [6, 6.07) is 12.8. The minimum Gasteiger partial charge on any atom is -0.497 e. The zero-order valence-electron chi connectivity index (χ0n) is 15.0. The lowest BCUT2D eigenvalue weighted by molar-refractivity contribution is 0.309. The molecule has 2 aromatic rings. The van der Waals surface area contributed by atoms with Gasteiger partial charge < -0.3 is 19.5 Å². The van der Waals surface area contributed by atoms with Crippen molar-refractivity contribution in [3.63, 3.8) is 0 Å². The van der Waals surface area contributed by atoms with Gasteiger partial charge in [-0.25, -0.2) is 0 Å². The fourth-order valence-corrected chi connectivity index (χ4v) is 3.26. The monoisotopic (exact) mass is 363 g/mol. The second-order valence-electron chi connectivity index (χ2n) is 5.94. The van der Waals surface area contributed by atoms with Crippen molar-refractivity contribution >= 4 is 12.4 Å². The van der Waals surface area contributed by atoms with Gasteiger partial charge in [-0.1, -0.05) is 12.1 Å². The molecule has 1 aliphatic rings. The highest BCUT2D eigenvalue weighted by Crippen LogP contribution is 2.36. The minimum absolute atomic E-state index is 0. The maximum atomic E-state index is 5.75. The fourth-order valence-electron chi connectivity index (χ4n) is 3.26. The van der Waals surface area contributed by atoms with E-state index in [1.165, 1.54) is 16.7 Å². The Labute approximate surface area is 155 Å². The molecule has 4 nitrogen and oxygen atoms in total. The maximum Gasteiger partial charge on any atom is 0.161 e. The Bertz CT molecular complexity index is 688. The van der Waals surface area contributed by atoms with Gasteiger partial charge >= 0.3 is 0 Å². The molecule has 0 radical (unpaired) electrons. The van der Waals surface area contributed by atoms with Crippen LogP contribution in [0.4, 0.5) is 0 Å². The fraction of sp³-hybridized carbons (Fsp3) is 0.400. The van der Waals surface area contributed by atoms with Crippen molar-refractivity contribution in [2.75, 3.05) is 27.4 Å². The van der Waals surface area contributed by atoms with Gasteiger partial charge in [-0.05, 0) is 67.3 Å². The normalized spacial score (nSPS) is 15.7. The lowest BCUT2D eigenvalue weighted by Crippen LogP contribution is -2.31. The largest absolute Gasteiger partial charge is 0.497 e. The van der Waals surface area contributed by atoms with Crippen LogP contribution in [0.15, 0.2) is 36.4 Å². The van der Waals surface area contributed by atoms with Gasteiger partial charge in [-0.2, -0.15) is 0 Å². The van der Waals surface area contributed by atoms with Crippen LogP contribution in [0.3, 0.4) is 0 Å². The third-order valence-corrected chi connectivity index (χ3v) is 4.48. The molecule has 136 valence electrons. The van der Waals surface area contributed by atoms with Crippen LogP contribution in [0.25, 0.3) is 0 Å². The predicted octanol–water partition coefficient (Wildman–Crippen LogP) is 3.95. The second-order valence-corrected chi connectivity index (χ2v) is 5.94. The van der Waals surface area contributed by atoms with Gasteiger partial charge in [-0.3, -0.25) is 0 Å². The van der Waals surface area contributed by atoms with Crippen LogP contribution < -0.4 is 19.5 Å². The molecule has 0 spiro atoms. The van der Waals surface area contributed by atoms with E-state index in [1.54, 1.807) is 14.2 Å². The molecule has 0 bridgehead atoms. The molecule has 5 heteroatoms. The van der Waals surface area contributed by atoms with Gasteiger partial charge in [0.2, 0.25) is 0 Å². The van der Waals surface area contributed by atoms with Gasteiger partial charge in [0.1, 0.15) is 5.75 Å². The number of fused-ring (bicyclic) bond motifs is 1. The highest BCUT2D eigenvalue weighted by Gasteiger charge is 2.23. The van der Waals surface area contributed by atoms with Crippen LogP contribution >= 0.6 is 12.4 Å². The Hall–Kier alpha value is -1.91. The van der Waals surface area contributed by atoms with E-state index in [-0.39, 0.29) is 18.4 Å². The summed E-state index contributed by atoms with van der Waals surface area (Å²) in [5, 5.41) is 3.63. The van der Waals surface area contributed by atoms with Crippen LogP contribution in [-0.2, 0) is 12.8 Å². The first kappa shape index (κ1) is 19.4. The van der Waals surface area contributed by atoms with E-state index in [0.29, 0.717) is 6.61 Å². The smallest absolute Gasteiger partial charge is 0.161 e. The van der Waals surface area contributed by atoms with Gasteiger partial charge in [0.15, 0.2) is 11.5 Å². The SMILES string of the molecule is CCOc1cc2c(cc1OC)CCNC2Cc1ccc(OC)cc1.Cl. The molecule has 2 aromatic carbocycles. The van der Waals surface area contributed by atoms with E-state index in [1.807, 2.05) is 19.1 Å². The Morgan fingerprint density at radius 2 is 1.80 bits per heavy atom. The summed E-state index contributed by atoms with van der Waals surface area (Å²) >= 11 is 0. The molecule has 0 saturated carbocycles. The average Bonchev–Trinajstić information content (AvgIpc) is 2.62. The summed E-state index contributed by atoms with van der Waals surface area (Å²) in [5.74, 6) is 2.53. The summed E-state index contributed by atoms with van der Waals surface area (Å²) in [6.07, 6.45) is 1.95. The summed E-state index contributed by atoms with van der Waals surface area (Å²) in [7, 11) is 3.39. The highest BCUT2D eigenvalue weighted by atomic mass is 35.5. The van der Waals surface area contributed by atoms with Crippen molar-refractivity contribution in [3.8, 4) is 17.2 Å². The van der Waals surface area contributed by atoms with E-state index in [0.717, 1.165) is 36.6 Å². The number of hydrogen-bond donors (Lipinski definition) is 1. The van der Waals surface area contributed by atoms with E-state index >= 15 is 0 Å². The molecular formula is C20H26ClNO3. The molecule has 1 unspecified atom stereocenters. The molecule has 0 aliphatic carbocycles. The Balaban J connectivity index is 0.00000225. The number of benzene rings is 2. The lowest BCUT2D eigenvalue weighted by Gasteiger charge is -2.28. The van der Waals surface area contributed by atoms with Crippen molar-refractivity contribution in [2.24, 2.45) is 0 Å². The zero-order chi connectivity index (χ0) is 16.9. The van der Waals surface area contributed by atoms with Gasteiger partial charge in [0.25, 0.3) is 0 Å². The van der Waals surface area contributed by atoms with Crippen molar-refractivity contribution in [3.05, 3.63) is 53.1 Å². The predicted molar refractivity (Wildman–Crippen MR) is 103 cm³/mol. The molecule has 1 aliphatic heterocycles. The molecule has 0 saturated heterocycles. The Morgan fingerprint density at radius 1 is 1.04 bits per heavy atom. The number of rotatable bonds is 6. The highest BCUT2D eigenvalue weighted by molar-refractivity contribution is 5.85. The van der Waals surface area contributed by atoms with E-state index in [9.17, 15) is 0 Å². The van der Waals surface area contributed by atoms with Crippen LogP contribution in [0.5, 0.6) is 17.2 Å². The summed E-state index contributed by atoms with van der Waals surface area (Å²) in [5.41, 5.74) is 3.93. The molecule has 1 atom stereocenters. The standard InChI is InChI=1S/C20H25NO3.ClH/c1-4-24-20-13-17-15(12-19(20)23-3)9-10-21-18(17)11-14-5-7-16(22-2)8-6-14;/h5-8,12-13,18,21H,4,9-11H2,1-3H3;1H. The minimum atomic E-state index is 0. The van der Waals surface area contributed by atoms with E-state index in [2.05, 4.69) is 29.6 Å². The zero-order valence-corrected chi connectivity index (χ0v) is 15.8. The van der Waals surface area contributed by atoms with Gasteiger partial charge in [0.05, 0.1) is 20.8 Å². The maximum absolute atomic E-state index is 5.75. The molecule has 1 heterocycles.